The molecule has 0 fully saturated rings. The van der Waals surface area contributed by atoms with Gasteiger partial charge < -0.3 is 0 Å². The van der Waals surface area contributed by atoms with Crippen molar-refractivity contribution in [3.63, 3.8) is 0 Å². The van der Waals surface area contributed by atoms with E-state index >= 15 is 0 Å². The molecular weight excluding hydrogens is 651 g/mol. The largest absolute Gasteiger partial charge is 0.278 e. The van der Waals surface area contributed by atoms with Crippen LogP contribution in [-0.2, 0) is 0 Å². The number of para-hydroxylation sites is 2. The van der Waals surface area contributed by atoms with E-state index < -0.39 is 0 Å². The summed E-state index contributed by atoms with van der Waals surface area (Å²) in [6.45, 7) is 0. The van der Waals surface area contributed by atoms with Crippen molar-refractivity contribution >= 4 is 75.0 Å². The molecule has 0 bridgehead atoms. The molecule has 0 saturated carbocycles. The molecule has 0 saturated heterocycles. The van der Waals surface area contributed by atoms with E-state index in [4.69, 9.17) is 9.97 Å². The van der Waals surface area contributed by atoms with Gasteiger partial charge in [-0.15, -0.1) is 11.3 Å². The summed E-state index contributed by atoms with van der Waals surface area (Å²) in [6.07, 6.45) is 0. The minimum absolute atomic E-state index is 0.664. The third-order valence-electron chi connectivity index (χ3n) is 10.4. The van der Waals surface area contributed by atoms with Crippen LogP contribution in [0.5, 0.6) is 0 Å². The maximum Gasteiger partial charge on any atom is 0.235 e. The van der Waals surface area contributed by atoms with Crippen LogP contribution in [0.15, 0.2) is 176 Å². The first-order chi connectivity index (χ1) is 25.8. The maximum atomic E-state index is 5.36. The van der Waals surface area contributed by atoms with Crippen LogP contribution in [-0.4, -0.2) is 14.5 Å². The summed E-state index contributed by atoms with van der Waals surface area (Å²) >= 11 is 1.85. The van der Waals surface area contributed by atoms with Crippen LogP contribution in [0.4, 0.5) is 0 Å². The number of fused-ring (bicyclic) bond motifs is 8. The summed E-state index contributed by atoms with van der Waals surface area (Å²) in [5, 5.41) is 8.51. The van der Waals surface area contributed by atoms with E-state index in [0.717, 1.165) is 33.2 Å². The maximum absolute atomic E-state index is 5.36. The Kier molecular flexibility index (Phi) is 6.42. The van der Waals surface area contributed by atoms with Crippen LogP contribution >= 0.6 is 11.3 Å². The van der Waals surface area contributed by atoms with E-state index in [0.29, 0.717) is 5.95 Å². The zero-order valence-corrected chi connectivity index (χ0v) is 28.8. The lowest BCUT2D eigenvalue weighted by Crippen LogP contribution is -2.03. The normalized spacial score (nSPS) is 11.8. The third-order valence-corrected chi connectivity index (χ3v) is 11.6. The van der Waals surface area contributed by atoms with Crippen molar-refractivity contribution in [2.45, 2.75) is 0 Å². The molecule has 4 heteroatoms. The molecule has 3 nitrogen and oxygen atoms in total. The van der Waals surface area contributed by atoms with Crippen molar-refractivity contribution in [3.05, 3.63) is 176 Å². The Bertz CT molecular complexity index is 3180. The molecule has 3 heterocycles. The Hall–Kier alpha value is -6.62. The Labute approximate surface area is 303 Å². The molecule has 0 radical (unpaired) electrons. The molecule has 52 heavy (non-hydrogen) atoms. The van der Waals surface area contributed by atoms with Gasteiger partial charge in [0.05, 0.1) is 22.2 Å². The number of hydrogen-bond acceptors (Lipinski definition) is 3. The van der Waals surface area contributed by atoms with Crippen LogP contribution in [0.1, 0.15) is 0 Å². The Balaban J connectivity index is 1.07. The van der Waals surface area contributed by atoms with Crippen molar-refractivity contribution in [2.75, 3.05) is 0 Å². The molecular formula is C48H29N3S. The minimum atomic E-state index is 0.664. The van der Waals surface area contributed by atoms with Gasteiger partial charge in [-0.25, -0.2) is 9.97 Å². The first-order valence-corrected chi connectivity index (χ1v) is 18.4. The molecule has 0 unspecified atom stereocenters. The quantitative estimate of drug-likeness (QED) is 0.185. The molecule has 0 N–H and O–H groups in total. The predicted molar refractivity (Wildman–Crippen MR) is 221 cm³/mol. The minimum Gasteiger partial charge on any atom is -0.278 e. The van der Waals surface area contributed by atoms with Gasteiger partial charge in [-0.1, -0.05) is 133 Å². The van der Waals surface area contributed by atoms with Gasteiger partial charge in [0.15, 0.2) is 0 Å². The number of aromatic nitrogens is 3. The van der Waals surface area contributed by atoms with Crippen LogP contribution in [0, 0.1) is 0 Å². The summed E-state index contributed by atoms with van der Waals surface area (Å²) in [5.74, 6) is 0.664. The molecule has 3 aromatic heterocycles. The second kappa shape index (κ2) is 11.5. The van der Waals surface area contributed by atoms with Crippen LogP contribution in [0.25, 0.3) is 103 Å². The van der Waals surface area contributed by atoms with Gasteiger partial charge in [0.25, 0.3) is 0 Å². The van der Waals surface area contributed by atoms with Crippen molar-refractivity contribution in [3.8, 4) is 39.5 Å². The zero-order chi connectivity index (χ0) is 34.2. The Morgan fingerprint density at radius 3 is 1.88 bits per heavy atom. The number of hydrogen-bond donors (Lipinski definition) is 0. The fraction of sp³-hybridized carbons (Fsp3) is 0. The molecule has 0 aliphatic heterocycles. The van der Waals surface area contributed by atoms with Gasteiger partial charge in [0, 0.05) is 41.9 Å². The van der Waals surface area contributed by atoms with Crippen LogP contribution < -0.4 is 0 Å². The monoisotopic (exact) mass is 679 g/mol. The summed E-state index contributed by atoms with van der Waals surface area (Å²) in [6, 6.07) is 63.2. The summed E-state index contributed by atoms with van der Waals surface area (Å²) in [4.78, 5) is 10.6. The topological polar surface area (TPSA) is 30.7 Å². The van der Waals surface area contributed by atoms with E-state index in [1.165, 1.54) is 64.0 Å². The van der Waals surface area contributed by atoms with E-state index in [1.807, 2.05) is 11.3 Å². The smallest absolute Gasteiger partial charge is 0.235 e. The second-order valence-corrected chi connectivity index (χ2v) is 14.5. The Morgan fingerprint density at radius 1 is 0.385 bits per heavy atom. The number of benzene rings is 8. The first kappa shape index (κ1) is 29.1. The molecule has 0 atom stereocenters. The third kappa shape index (κ3) is 4.51. The fourth-order valence-electron chi connectivity index (χ4n) is 7.94. The lowest BCUT2D eigenvalue weighted by atomic mass is 9.96. The van der Waals surface area contributed by atoms with Crippen LogP contribution in [0.2, 0.25) is 0 Å². The van der Waals surface area contributed by atoms with E-state index in [1.54, 1.807) is 0 Å². The molecule has 11 rings (SSSR count). The lowest BCUT2D eigenvalue weighted by molar-refractivity contribution is 1.01. The van der Waals surface area contributed by atoms with Crippen molar-refractivity contribution < 1.29 is 0 Å². The van der Waals surface area contributed by atoms with Crippen molar-refractivity contribution in [1.82, 2.24) is 14.5 Å². The molecule has 0 aliphatic carbocycles. The number of nitrogens with zero attached hydrogens (tertiary/aromatic N) is 3. The lowest BCUT2D eigenvalue weighted by Gasteiger charge is -2.13. The molecule has 11 aromatic rings. The van der Waals surface area contributed by atoms with Crippen LogP contribution in [0.3, 0.4) is 0 Å². The van der Waals surface area contributed by atoms with Gasteiger partial charge in [0.2, 0.25) is 5.95 Å². The van der Waals surface area contributed by atoms with E-state index in [9.17, 15) is 0 Å². The summed E-state index contributed by atoms with van der Waals surface area (Å²) in [5.41, 5.74) is 9.88. The second-order valence-electron chi connectivity index (χ2n) is 13.4. The van der Waals surface area contributed by atoms with Gasteiger partial charge in [0.1, 0.15) is 0 Å². The fourth-order valence-corrected chi connectivity index (χ4v) is 9.03. The van der Waals surface area contributed by atoms with Gasteiger partial charge in [-0.2, -0.15) is 0 Å². The number of thiophene rings is 1. The highest BCUT2D eigenvalue weighted by atomic mass is 32.1. The highest BCUT2D eigenvalue weighted by Gasteiger charge is 2.18. The van der Waals surface area contributed by atoms with Gasteiger partial charge in [-0.3, -0.25) is 4.57 Å². The zero-order valence-electron chi connectivity index (χ0n) is 28.0. The number of rotatable bonds is 4. The summed E-state index contributed by atoms with van der Waals surface area (Å²) in [7, 11) is 0. The highest BCUT2D eigenvalue weighted by Crippen LogP contribution is 2.39. The average Bonchev–Trinajstić information content (AvgIpc) is 3.75. The standard InChI is InChI=1S/C48H29N3S/c1-2-12-35-30(10-1)11-9-16-36(35)31-20-22-32(23-21-31)47-39-15-3-6-17-42(39)49-48(50-47)51-43-18-7-4-13-37(43)40-28-33(24-26-44(40)51)34-25-27-46-41(29-34)38-14-5-8-19-45(38)52-46/h1-29H. The molecule has 242 valence electrons. The summed E-state index contributed by atoms with van der Waals surface area (Å²) < 4.78 is 4.86. The van der Waals surface area contributed by atoms with Crippen molar-refractivity contribution in [1.29, 1.82) is 0 Å². The first-order valence-electron chi connectivity index (χ1n) is 17.6. The molecule has 0 amide bonds. The van der Waals surface area contributed by atoms with E-state index in [-0.39, 0.29) is 0 Å². The average molecular weight is 680 g/mol. The Morgan fingerprint density at radius 2 is 1.00 bits per heavy atom. The predicted octanol–water partition coefficient (Wildman–Crippen LogP) is 13.2. The highest BCUT2D eigenvalue weighted by molar-refractivity contribution is 7.25. The molecule has 0 aliphatic rings. The van der Waals surface area contributed by atoms with Crippen molar-refractivity contribution in [2.24, 2.45) is 0 Å². The van der Waals surface area contributed by atoms with Gasteiger partial charge in [-0.05, 0) is 75.5 Å². The molecule has 8 aromatic carbocycles. The van der Waals surface area contributed by atoms with E-state index in [2.05, 4.69) is 180 Å². The SMILES string of the molecule is c1ccc2c(-c3ccc(-c4nc(-n5c6ccccc6c6cc(-c7ccc8sc9ccccc9c8c7)ccc65)nc5ccccc45)cc3)cccc2c1. The van der Waals surface area contributed by atoms with Gasteiger partial charge >= 0.3 is 0 Å². The molecule has 0 spiro atoms.